The van der Waals surface area contributed by atoms with Gasteiger partial charge in [0, 0.05) is 51.4 Å². The van der Waals surface area contributed by atoms with E-state index in [2.05, 4.69) is 40.8 Å². The van der Waals surface area contributed by atoms with E-state index in [1.807, 2.05) is 32.9 Å². The number of rotatable bonds is 6. The lowest BCUT2D eigenvalue weighted by Gasteiger charge is -2.32. The normalized spacial score (nSPS) is 18.8. The average molecular weight is 520 g/mol. The van der Waals surface area contributed by atoms with Crippen LogP contribution in [0, 0.1) is 15.5 Å². The van der Waals surface area contributed by atoms with Gasteiger partial charge in [-0.05, 0) is 70.8 Å². The van der Waals surface area contributed by atoms with Gasteiger partial charge in [-0.1, -0.05) is 32.9 Å². The SMILES string of the molecule is CC(C)(C)CN1CCCN(Cc2ccc([N+](=O)[O-])cc2)CCN(CC(=O)OC(C)(C)C)CCCNCC1. The average Bonchev–Trinajstić information content (AvgIpc) is 2.76. The van der Waals surface area contributed by atoms with Gasteiger partial charge in [0.2, 0.25) is 0 Å². The third-order valence-electron chi connectivity index (χ3n) is 6.14. The highest BCUT2D eigenvalue weighted by atomic mass is 16.6. The van der Waals surface area contributed by atoms with Crippen LogP contribution in [0.5, 0.6) is 0 Å². The molecule has 0 spiro atoms. The summed E-state index contributed by atoms with van der Waals surface area (Å²) in [5.41, 5.74) is 0.912. The lowest BCUT2D eigenvalue weighted by molar-refractivity contribution is -0.384. The maximum absolute atomic E-state index is 12.6. The Hall–Kier alpha value is -2.07. The minimum absolute atomic E-state index is 0.111. The molecular formula is C28H49N5O4. The zero-order valence-corrected chi connectivity index (χ0v) is 23.9. The van der Waals surface area contributed by atoms with Crippen molar-refractivity contribution in [2.75, 3.05) is 65.4 Å². The predicted molar refractivity (Wildman–Crippen MR) is 149 cm³/mol. The molecule has 1 fully saturated rings. The predicted octanol–water partition coefficient (Wildman–Crippen LogP) is 3.77. The Morgan fingerprint density at radius 1 is 0.892 bits per heavy atom. The number of nitrogens with zero attached hydrogens (tertiary/aromatic N) is 4. The maximum Gasteiger partial charge on any atom is 0.320 e. The molecule has 1 aromatic carbocycles. The first-order valence-corrected chi connectivity index (χ1v) is 13.6. The monoisotopic (exact) mass is 519 g/mol. The number of ether oxygens (including phenoxy) is 1. The van der Waals surface area contributed by atoms with Crippen molar-refractivity contribution in [2.24, 2.45) is 5.41 Å². The zero-order chi connectivity index (χ0) is 27.5. The Labute approximate surface area is 223 Å². The van der Waals surface area contributed by atoms with E-state index in [1.165, 1.54) is 0 Å². The van der Waals surface area contributed by atoms with Crippen molar-refractivity contribution in [3.05, 3.63) is 39.9 Å². The molecular weight excluding hydrogens is 470 g/mol. The topological polar surface area (TPSA) is 91.2 Å². The fraction of sp³-hybridized carbons (Fsp3) is 0.750. The van der Waals surface area contributed by atoms with E-state index in [0.717, 1.165) is 83.9 Å². The summed E-state index contributed by atoms with van der Waals surface area (Å²) in [6, 6.07) is 6.85. The van der Waals surface area contributed by atoms with Crippen molar-refractivity contribution < 1.29 is 14.5 Å². The molecule has 2 rings (SSSR count). The first-order valence-electron chi connectivity index (χ1n) is 13.6. The summed E-state index contributed by atoms with van der Waals surface area (Å²) in [7, 11) is 0. The Morgan fingerprint density at radius 2 is 1.51 bits per heavy atom. The largest absolute Gasteiger partial charge is 0.459 e. The molecule has 9 nitrogen and oxygen atoms in total. The number of hydrogen-bond donors (Lipinski definition) is 1. The summed E-state index contributed by atoms with van der Waals surface area (Å²) < 4.78 is 5.58. The van der Waals surface area contributed by atoms with Gasteiger partial charge in [-0.25, -0.2) is 0 Å². The number of carbonyl (C=O) groups excluding carboxylic acids is 1. The van der Waals surface area contributed by atoms with Gasteiger partial charge in [-0.3, -0.25) is 24.7 Å². The highest BCUT2D eigenvalue weighted by Crippen LogP contribution is 2.17. The standard InChI is InChI=1S/C28H49N5O4/c1-27(2,3)23-32-17-8-16-30(21-24-9-11-25(12-10-24)33(35)36)19-20-31(15-7-13-29-14-18-32)22-26(34)37-28(4,5)6/h9-12,29H,7-8,13-23H2,1-6H3. The van der Waals surface area contributed by atoms with Gasteiger partial charge in [0.1, 0.15) is 5.60 Å². The van der Waals surface area contributed by atoms with Crippen LogP contribution < -0.4 is 5.32 Å². The molecule has 0 unspecified atom stereocenters. The number of benzene rings is 1. The Bertz CT molecular complexity index is 832. The van der Waals surface area contributed by atoms with E-state index in [1.54, 1.807) is 12.1 Å². The van der Waals surface area contributed by atoms with Gasteiger partial charge in [0.15, 0.2) is 0 Å². The molecule has 0 amide bonds. The summed E-state index contributed by atoms with van der Waals surface area (Å²) >= 11 is 0. The van der Waals surface area contributed by atoms with Gasteiger partial charge in [0.05, 0.1) is 11.5 Å². The van der Waals surface area contributed by atoms with Gasteiger partial charge >= 0.3 is 5.97 Å². The Morgan fingerprint density at radius 3 is 2.14 bits per heavy atom. The number of nitro benzene ring substituents is 1. The van der Waals surface area contributed by atoms with E-state index in [9.17, 15) is 14.9 Å². The Kier molecular flexibility index (Phi) is 12.4. The van der Waals surface area contributed by atoms with E-state index in [-0.39, 0.29) is 28.5 Å². The van der Waals surface area contributed by atoms with E-state index in [0.29, 0.717) is 0 Å². The Balaban J connectivity index is 2.11. The molecule has 0 bridgehead atoms. The third kappa shape index (κ3) is 13.9. The van der Waals surface area contributed by atoms with Gasteiger partial charge < -0.3 is 15.0 Å². The highest BCUT2D eigenvalue weighted by Gasteiger charge is 2.21. The number of hydrogen-bond acceptors (Lipinski definition) is 8. The van der Waals surface area contributed by atoms with Gasteiger partial charge in [-0.15, -0.1) is 0 Å². The number of nitro groups is 1. The molecule has 1 aromatic rings. The molecule has 1 N–H and O–H groups in total. The summed E-state index contributed by atoms with van der Waals surface area (Å²) in [6.45, 7) is 21.8. The van der Waals surface area contributed by atoms with Crippen LogP contribution in [0.25, 0.3) is 0 Å². The van der Waals surface area contributed by atoms with Crippen molar-refractivity contribution in [3.63, 3.8) is 0 Å². The van der Waals surface area contributed by atoms with Crippen LogP contribution in [0.3, 0.4) is 0 Å². The van der Waals surface area contributed by atoms with Crippen molar-refractivity contribution in [1.82, 2.24) is 20.0 Å². The molecule has 1 aliphatic rings. The summed E-state index contributed by atoms with van der Waals surface area (Å²) in [5, 5.41) is 14.6. The fourth-order valence-electron chi connectivity index (χ4n) is 4.61. The van der Waals surface area contributed by atoms with Crippen molar-refractivity contribution >= 4 is 11.7 Å². The molecule has 0 aromatic heterocycles. The number of carbonyl (C=O) groups is 1. The van der Waals surface area contributed by atoms with E-state index in [4.69, 9.17) is 4.74 Å². The molecule has 0 saturated carbocycles. The number of non-ortho nitro benzene ring substituents is 1. The molecule has 0 atom stereocenters. The second kappa shape index (κ2) is 14.8. The van der Waals surface area contributed by atoms with Crippen molar-refractivity contribution in [3.8, 4) is 0 Å². The summed E-state index contributed by atoms with van der Waals surface area (Å²) in [6.07, 6.45) is 2.00. The molecule has 37 heavy (non-hydrogen) atoms. The van der Waals surface area contributed by atoms with Crippen LogP contribution in [0.4, 0.5) is 5.69 Å². The quantitative estimate of drug-likeness (QED) is 0.345. The first kappa shape index (κ1) is 31.1. The fourth-order valence-corrected chi connectivity index (χ4v) is 4.61. The number of nitrogens with one attached hydrogen (secondary N) is 1. The third-order valence-corrected chi connectivity index (χ3v) is 6.14. The molecule has 1 aliphatic heterocycles. The minimum atomic E-state index is -0.498. The number of esters is 1. The van der Waals surface area contributed by atoms with Crippen LogP contribution in [0.1, 0.15) is 59.9 Å². The molecule has 210 valence electrons. The summed E-state index contributed by atoms with van der Waals surface area (Å²) in [4.78, 5) is 30.4. The first-order chi connectivity index (χ1) is 17.3. The highest BCUT2D eigenvalue weighted by molar-refractivity contribution is 5.72. The molecule has 0 radical (unpaired) electrons. The molecule has 0 aliphatic carbocycles. The summed E-state index contributed by atoms with van der Waals surface area (Å²) in [5.74, 6) is -0.193. The second-order valence-corrected chi connectivity index (χ2v) is 12.4. The van der Waals surface area contributed by atoms with Crippen LogP contribution in [-0.4, -0.2) is 96.6 Å². The lowest BCUT2D eigenvalue weighted by Crippen LogP contribution is -2.43. The van der Waals surface area contributed by atoms with Crippen molar-refractivity contribution in [2.45, 2.75) is 66.5 Å². The minimum Gasteiger partial charge on any atom is -0.459 e. The lowest BCUT2D eigenvalue weighted by atomic mass is 9.96. The van der Waals surface area contributed by atoms with Crippen LogP contribution >= 0.6 is 0 Å². The van der Waals surface area contributed by atoms with Gasteiger partial charge in [0.25, 0.3) is 5.69 Å². The van der Waals surface area contributed by atoms with E-state index >= 15 is 0 Å². The molecule has 1 saturated heterocycles. The second-order valence-electron chi connectivity index (χ2n) is 12.4. The van der Waals surface area contributed by atoms with Crippen LogP contribution in [0.15, 0.2) is 24.3 Å². The molecule has 1 heterocycles. The van der Waals surface area contributed by atoms with Gasteiger partial charge in [-0.2, -0.15) is 0 Å². The van der Waals surface area contributed by atoms with E-state index < -0.39 is 5.60 Å². The van der Waals surface area contributed by atoms with Crippen LogP contribution in [-0.2, 0) is 16.1 Å². The van der Waals surface area contributed by atoms with Crippen LogP contribution in [0.2, 0.25) is 0 Å². The molecule has 9 heteroatoms. The smallest absolute Gasteiger partial charge is 0.320 e. The van der Waals surface area contributed by atoms with Crippen molar-refractivity contribution in [1.29, 1.82) is 0 Å². The zero-order valence-electron chi connectivity index (χ0n) is 23.9. The maximum atomic E-state index is 12.6.